The first-order chi connectivity index (χ1) is 8.10. The van der Waals surface area contributed by atoms with Gasteiger partial charge in [-0.3, -0.25) is 4.79 Å². The van der Waals surface area contributed by atoms with Gasteiger partial charge in [0.25, 0.3) is 5.91 Å². The Labute approximate surface area is 100 Å². The van der Waals surface area contributed by atoms with Crippen molar-refractivity contribution in [1.29, 1.82) is 0 Å². The molecule has 1 heterocycles. The highest BCUT2D eigenvalue weighted by molar-refractivity contribution is 5.82. The normalized spacial score (nSPS) is 23.6. The van der Waals surface area contributed by atoms with Crippen LogP contribution < -0.4 is 0 Å². The molecular formula is C11H19NO5. The number of carbonyl (C=O) groups is 2. The van der Waals surface area contributed by atoms with Crippen molar-refractivity contribution in [2.24, 2.45) is 0 Å². The maximum absolute atomic E-state index is 12.0. The third kappa shape index (κ3) is 3.67. The van der Waals surface area contributed by atoms with Gasteiger partial charge in [-0.15, -0.1) is 0 Å². The smallest absolute Gasteiger partial charge is 0.332 e. The maximum atomic E-state index is 12.0. The Kier molecular flexibility index (Phi) is 5.37. The van der Waals surface area contributed by atoms with Crippen LogP contribution >= 0.6 is 0 Å². The highest BCUT2D eigenvalue weighted by Crippen LogP contribution is 2.21. The molecule has 1 saturated heterocycles. The van der Waals surface area contributed by atoms with Gasteiger partial charge in [-0.1, -0.05) is 0 Å². The second-order valence-corrected chi connectivity index (χ2v) is 4.02. The summed E-state index contributed by atoms with van der Waals surface area (Å²) in [6.45, 7) is 2.89. The highest BCUT2D eigenvalue weighted by atomic mass is 16.5. The van der Waals surface area contributed by atoms with Crippen LogP contribution in [0.3, 0.4) is 0 Å². The summed E-state index contributed by atoms with van der Waals surface area (Å²) in [4.78, 5) is 24.3. The van der Waals surface area contributed by atoms with Crippen molar-refractivity contribution >= 4 is 11.9 Å². The van der Waals surface area contributed by atoms with E-state index in [9.17, 15) is 9.59 Å². The molecule has 0 bridgehead atoms. The topological polar surface area (TPSA) is 87.1 Å². The van der Waals surface area contributed by atoms with Crippen molar-refractivity contribution in [3.63, 3.8) is 0 Å². The zero-order valence-corrected chi connectivity index (χ0v) is 9.96. The van der Waals surface area contributed by atoms with Gasteiger partial charge in [0.1, 0.15) is 6.10 Å². The van der Waals surface area contributed by atoms with Crippen molar-refractivity contribution in [2.75, 3.05) is 19.7 Å². The average Bonchev–Trinajstić information content (AvgIpc) is 2.79. The Hall–Kier alpha value is -1.14. The first-order valence-electron chi connectivity index (χ1n) is 5.88. The molecule has 17 heavy (non-hydrogen) atoms. The number of rotatable bonds is 6. The number of hydrogen-bond donors (Lipinski definition) is 2. The molecule has 0 aromatic carbocycles. The molecule has 6 nitrogen and oxygen atoms in total. The van der Waals surface area contributed by atoms with E-state index < -0.39 is 18.2 Å². The van der Waals surface area contributed by atoms with Gasteiger partial charge in [0.15, 0.2) is 6.10 Å². The largest absolute Gasteiger partial charge is 0.479 e. The number of nitrogens with zero attached hydrogens (tertiary/aromatic N) is 1. The number of carboxylic acid groups (broad SMARTS) is 1. The minimum absolute atomic E-state index is 0.0348. The van der Waals surface area contributed by atoms with Gasteiger partial charge in [-0.2, -0.15) is 0 Å². The van der Waals surface area contributed by atoms with Gasteiger partial charge < -0.3 is 19.8 Å². The Balaban J connectivity index is 2.49. The van der Waals surface area contributed by atoms with Crippen molar-refractivity contribution in [3.8, 4) is 0 Å². The van der Waals surface area contributed by atoms with Gasteiger partial charge >= 0.3 is 5.97 Å². The third-order valence-electron chi connectivity index (χ3n) is 2.85. The quantitative estimate of drug-likeness (QED) is 0.679. The number of ether oxygens (including phenoxy) is 1. The summed E-state index contributed by atoms with van der Waals surface area (Å²) in [7, 11) is 0. The first kappa shape index (κ1) is 13.9. The van der Waals surface area contributed by atoms with Crippen LogP contribution in [0.15, 0.2) is 0 Å². The zero-order valence-electron chi connectivity index (χ0n) is 9.96. The minimum Gasteiger partial charge on any atom is -0.479 e. The Morgan fingerprint density at radius 2 is 2.00 bits per heavy atom. The number of hydrogen-bond acceptors (Lipinski definition) is 4. The molecule has 6 heteroatoms. The van der Waals surface area contributed by atoms with Gasteiger partial charge in [-0.05, 0) is 26.2 Å². The predicted molar refractivity (Wildman–Crippen MR) is 59.5 cm³/mol. The lowest BCUT2D eigenvalue weighted by atomic mass is 10.2. The lowest BCUT2D eigenvalue weighted by molar-refractivity contribution is -0.154. The number of aliphatic hydroxyl groups is 1. The predicted octanol–water partition coefficient (Wildman–Crippen LogP) is -0.151. The second-order valence-electron chi connectivity index (χ2n) is 4.02. The van der Waals surface area contributed by atoms with E-state index in [4.69, 9.17) is 14.9 Å². The molecule has 0 aromatic heterocycles. The maximum Gasteiger partial charge on any atom is 0.332 e. The van der Waals surface area contributed by atoms with Crippen LogP contribution in [0.4, 0.5) is 0 Å². The molecule has 0 aliphatic carbocycles. The van der Waals surface area contributed by atoms with Gasteiger partial charge in [0.2, 0.25) is 0 Å². The third-order valence-corrected chi connectivity index (χ3v) is 2.85. The number of carboxylic acids is 1. The molecule has 2 N–H and O–H groups in total. The van der Waals surface area contributed by atoms with Crippen LogP contribution in [-0.4, -0.2) is 58.9 Å². The fourth-order valence-electron chi connectivity index (χ4n) is 1.89. The molecule has 2 unspecified atom stereocenters. The molecular weight excluding hydrogens is 226 g/mol. The molecule has 1 aliphatic heterocycles. The summed E-state index contributed by atoms with van der Waals surface area (Å²) < 4.78 is 5.19. The number of likely N-dealkylation sites (N-methyl/N-ethyl adjacent to an activating group) is 1. The van der Waals surface area contributed by atoms with Crippen LogP contribution in [0.25, 0.3) is 0 Å². The van der Waals surface area contributed by atoms with Gasteiger partial charge in [0, 0.05) is 19.7 Å². The molecule has 1 fully saturated rings. The van der Waals surface area contributed by atoms with Crippen molar-refractivity contribution < 1.29 is 24.5 Å². The van der Waals surface area contributed by atoms with Crippen LogP contribution in [0.5, 0.6) is 0 Å². The summed E-state index contributed by atoms with van der Waals surface area (Å²) in [6, 6.07) is 0. The van der Waals surface area contributed by atoms with Crippen LogP contribution in [0.2, 0.25) is 0 Å². The number of amides is 1. The molecule has 1 rings (SSSR count). The Bertz CT molecular complexity index is 281. The standard InChI is InChI=1S/C11H19NO5/c1-2-12(6-3-7-13)10(14)8-4-5-9(17-8)11(15)16/h8-9,13H,2-7H2,1H3,(H,15,16). The van der Waals surface area contributed by atoms with E-state index in [1.807, 2.05) is 6.92 Å². The molecule has 1 aliphatic rings. The van der Waals surface area contributed by atoms with Crippen LogP contribution in [-0.2, 0) is 14.3 Å². The highest BCUT2D eigenvalue weighted by Gasteiger charge is 2.36. The van der Waals surface area contributed by atoms with Crippen molar-refractivity contribution in [2.45, 2.75) is 38.4 Å². The van der Waals surface area contributed by atoms with E-state index in [0.29, 0.717) is 32.4 Å². The number of carbonyl (C=O) groups excluding carboxylic acids is 1. The summed E-state index contributed by atoms with van der Waals surface area (Å²) in [6.07, 6.45) is -0.154. The SMILES string of the molecule is CCN(CCCO)C(=O)C1CCC(C(=O)O)O1. The van der Waals surface area contributed by atoms with Crippen LogP contribution in [0.1, 0.15) is 26.2 Å². The van der Waals surface area contributed by atoms with Crippen molar-refractivity contribution in [3.05, 3.63) is 0 Å². The molecule has 1 amide bonds. The summed E-state index contributed by atoms with van der Waals surface area (Å²) >= 11 is 0. The first-order valence-corrected chi connectivity index (χ1v) is 5.88. The average molecular weight is 245 g/mol. The lowest BCUT2D eigenvalue weighted by Gasteiger charge is -2.23. The minimum atomic E-state index is -1.02. The van der Waals surface area contributed by atoms with E-state index in [0.717, 1.165) is 0 Å². The van der Waals surface area contributed by atoms with Gasteiger partial charge in [0.05, 0.1) is 0 Å². The number of aliphatic carboxylic acids is 1. The van der Waals surface area contributed by atoms with Crippen molar-refractivity contribution in [1.82, 2.24) is 4.90 Å². The van der Waals surface area contributed by atoms with E-state index in [1.165, 1.54) is 0 Å². The Morgan fingerprint density at radius 1 is 1.35 bits per heavy atom. The summed E-state index contributed by atoms with van der Waals surface area (Å²) in [5.74, 6) is -1.19. The second kappa shape index (κ2) is 6.56. The molecule has 0 aromatic rings. The fraction of sp³-hybridized carbons (Fsp3) is 0.818. The van der Waals surface area contributed by atoms with E-state index in [-0.39, 0.29) is 12.5 Å². The van der Waals surface area contributed by atoms with E-state index in [1.54, 1.807) is 4.90 Å². The van der Waals surface area contributed by atoms with Crippen LogP contribution in [0, 0.1) is 0 Å². The molecule has 2 atom stereocenters. The lowest BCUT2D eigenvalue weighted by Crippen LogP contribution is -2.40. The van der Waals surface area contributed by atoms with Gasteiger partial charge in [-0.25, -0.2) is 4.79 Å². The monoisotopic (exact) mass is 245 g/mol. The summed E-state index contributed by atoms with van der Waals surface area (Å²) in [5.41, 5.74) is 0. The summed E-state index contributed by atoms with van der Waals surface area (Å²) in [5, 5.41) is 17.5. The fourth-order valence-corrected chi connectivity index (χ4v) is 1.89. The molecule has 98 valence electrons. The Morgan fingerprint density at radius 3 is 2.47 bits per heavy atom. The van der Waals surface area contributed by atoms with E-state index in [2.05, 4.69) is 0 Å². The number of aliphatic hydroxyl groups excluding tert-OH is 1. The molecule has 0 radical (unpaired) electrons. The van der Waals surface area contributed by atoms with E-state index >= 15 is 0 Å². The molecule has 0 spiro atoms. The zero-order chi connectivity index (χ0) is 12.8. The molecule has 0 saturated carbocycles.